The maximum atomic E-state index is 12.1. The summed E-state index contributed by atoms with van der Waals surface area (Å²) in [6, 6.07) is 0.0105. The number of ether oxygens (including phenoxy) is 1. The molecule has 1 atom stereocenters. The molecule has 2 aliphatic heterocycles. The monoisotopic (exact) mass is 305 g/mol. The Hall–Kier alpha value is -0.860. The molecule has 116 valence electrons. The first kappa shape index (κ1) is 15.5. The van der Waals surface area contributed by atoms with E-state index in [-0.39, 0.29) is 23.6 Å². The van der Waals surface area contributed by atoms with E-state index in [9.17, 15) is 13.2 Å². The van der Waals surface area contributed by atoms with Gasteiger partial charge in [0.1, 0.15) is 0 Å². The third kappa shape index (κ3) is 4.32. The second-order valence-electron chi connectivity index (χ2n) is 5.37. The van der Waals surface area contributed by atoms with Crippen molar-refractivity contribution < 1.29 is 17.9 Å². The number of nitrogens with zero attached hydrogens (tertiary/aromatic N) is 2. The van der Waals surface area contributed by atoms with Crippen LogP contribution in [0.25, 0.3) is 0 Å². The SMILES string of the molecule is COCCN1CCC(NC(=O)N2CCS(=O)(=O)CC2)C1. The van der Waals surface area contributed by atoms with Gasteiger partial charge >= 0.3 is 6.03 Å². The zero-order valence-corrected chi connectivity index (χ0v) is 12.7. The molecule has 2 rings (SSSR count). The van der Waals surface area contributed by atoms with Crippen LogP contribution in [0, 0.1) is 0 Å². The topological polar surface area (TPSA) is 79.0 Å². The Kier molecular flexibility index (Phi) is 5.22. The largest absolute Gasteiger partial charge is 0.383 e. The molecule has 8 heteroatoms. The molecule has 1 N–H and O–H groups in total. The van der Waals surface area contributed by atoms with Crippen LogP contribution < -0.4 is 5.32 Å². The average Bonchev–Trinajstić information content (AvgIpc) is 2.83. The first-order valence-electron chi connectivity index (χ1n) is 6.97. The summed E-state index contributed by atoms with van der Waals surface area (Å²) >= 11 is 0. The van der Waals surface area contributed by atoms with Crippen molar-refractivity contribution in [2.24, 2.45) is 0 Å². The number of hydrogen-bond donors (Lipinski definition) is 1. The van der Waals surface area contributed by atoms with E-state index in [1.54, 1.807) is 12.0 Å². The minimum Gasteiger partial charge on any atom is -0.383 e. The predicted octanol–water partition coefficient (Wildman–Crippen LogP) is -0.853. The van der Waals surface area contributed by atoms with Gasteiger partial charge in [-0.25, -0.2) is 13.2 Å². The van der Waals surface area contributed by atoms with Gasteiger partial charge < -0.3 is 15.0 Å². The lowest BCUT2D eigenvalue weighted by Gasteiger charge is -2.28. The van der Waals surface area contributed by atoms with Gasteiger partial charge in [0.15, 0.2) is 9.84 Å². The molecular formula is C12H23N3O4S. The van der Waals surface area contributed by atoms with E-state index in [0.29, 0.717) is 19.7 Å². The number of sulfone groups is 1. The van der Waals surface area contributed by atoms with E-state index in [1.807, 2.05) is 0 Å². The molecule has 0 aliphatic carbocycles. The number of methoxy groups -OCH3 is 1. The number of nitrogens with one attached hydrogen (secondary N) is 1. The van der Waals surface area contributed by atoms with Crippen LogP contribution in [0.2, 0.25) is 0 Å². The van der Waals surface area contributed by atoms with Gasteiger partial charge in [-0.05, 0) is 6.42 Å². The van der Waals surface area contributed by atoms with Crippen LogP contribution in [0.1, 0.15) is 6.42 Å². The summed E-state index contributed by atoms with van der Waals surface area (Å²) in [5.41, 5.74) is 0. The first-order valence-corrected chi connectivity index (χ1v) is 8.79. The van der Waals surface area contributed by atoms with Gasteiger partial charge in [0, 0.05) is 45.9 Å². The molecule has 0 radical (unpaired) electrons. The van der Waals surface area contributed by atoms with Crippen molar-refractivity contribution in [2.45, 2.75) is 12.5 Å². The molecule has 2 fully saturated rings. The van der Waals surface area contributed by atoms with Crippen molar-refractivity contribution in [3.8, 4) is 0 Å². The lowest BCUT2D eigenvalue weighted by molar-refractivity contribution is 0.159. The third-order valence-electron chi connectivity index (χ3n) is 3.84. The Labute approximate surface area is 120 Å². The number of amides is 2. The number of carbonyl (C=O) groups excluding carboxylic acids is 1. The predicted molar refractivity (Wildman–Crippen MR) is 75.5 cm³/mol. The summed E-state index contributed by atoms with van der Waals surface area (Å²) in [5.74, 6) is 0.149. The Morgan fingerprint density at radius 1 is 1.30 bits per heavy atom. The molecule has 0 bridgehead atoms. The lowest BCUT2D eigenvalue weighted by atomic mass is 10.3. The summed E-state index contributed by atoms with van der Waals surface area (Å²) in [6.07, 6.45) is 0.932. The molecule has 2 aliphatic rings. The van der Waals surface area contributed by atoms with E-state index in [1.165, 1.54) is 0 Å². The number of rotatable bonds is 4. The van der Waals surface area contributed by atoms with Crippen molar-refractivity contribution in [3.05, 3.63) is 0 Å². The second kappa shape index (κ2) is 6.73. The van der Waals surface area contributed by atoms with Gasteiger partial charge in [-0.2, -0.15) is 0 Å². The molecule has 1 unspecified atom stereocenters. The summed E-state index contributed by atoms with van der Waals surface area (Å²) in [5, 5.41) is 2.99. The van der Waals surface area contributed by atoms with Crippen molar-refractivity contribution in [1.29, 1.82) is 0 Å². The van der Waals surface area contributed by atoms with E-state index in [0.717, 1.165) is 26.1 Å². The molecule has 2 saturated heterocycles. The highest BCUT2D eigenvalue weighted by molar-refractivity contribution is 7.91. The fourth-order valence-electron chi connectivity index (χ4n) is 2.56. The maximum absolute atomic E-state index is 12.1. The molecule has 7 nitrogen and oxygen atoms in total. The zero-order valence-electron chi connectivity index (χ0n) is 11.9. The fourth-order valence-corrected chi connectivity index (χ4v) is 3.76. The minimum atomic E-state index is -2.94. The molecule has 0 aromatic heterocycles. The van der Waals surface area contributed by atoms with Crippen LogP contribution in [0.5, 0.6) is 0 Å². The lowest BCUT2D eigenvalue weighted by Crippen LogP contribution is -2.51. The standard InChI is InChI=1S/C12H23N3O4S/c1-19-7-4-14-3-2-11(10-14)13-12(16)15-5-8-20(17,18)9-6-15/h11H,2-10H2,1H3,(H,13,16). The van der Waals surface area contributed by atoms with Crippen LogP contribution in [-0.4, -0.2) is 88.2 Å². The molecule has 0 aromatic carbocycles. The van der Waals surface area contributed by atoms with Crippen molar-refractivity contribution in [2.75, 3.05) is 57.9 Å². The molecular weight excluding hydrogens is 282 g/mol. The highest BCUT2D eigenvalue weighted by Gasteiger charge is 2.28. The molecule has 0 saturated carbocycles. The maximum Gasteiger partial charge on any atom is 0.317 e. The van der Waals surface area contributed by atoms with Gasteiger partial charge in [0.25, 0.3) is 0 Å². The Balaban J connectivity index is 1.73. The summed E-state index contributed by atoms with van der Waals surface area (Å²) in [7, 11) is -1.26. The number of carbonyl (C=O) groups is 1. The van der Waals surface area contributed by atoms with E-state index < -0.39 is 9.84 Å². The van der Waals surface area contributed by atoms with Gasteiger partial charge in [-0.3, -0.25) is 4.90 Å². The smallest absolute Gasteiger partial charge is 0.317 e. The molecule has 0 aromatic rings. The number of likely N-dealkylation sites (tertiary alicyclic amines) is 1. The average molecular weight is 305 g/mol. The Bertz CT molecular complexity index is 426. The van der Waals surface area contributed by atoms with Gasteiger partial charge in [0.2, 0.25) is 0 Å². The fraction of sp³-hybridized carbons (Fsp3) is 0.917. The highest BCUT2D eigenvalue weighted by atomic mass is 32.2. The molecule has 2 heterocycles. The summed E-state index contributed by atoms with van der Waals surface area (Å²) in [4.78, 5) is 15.9. The summed E-state index contributed by atoms with van der Waals surface area (Å²) in [6.45, 7) is 3.97. The van der Waals surface area contributed by atoms with Crippen LogP contribution in [-0.2, 0) is 14.6 Å². The van der Waals surface area contributed by atoms with Gasteiger partial charge in [0.05, 0.1) is 18.1 Å². The van der Waals surface area contributed by atoms with E-state index in [2.05, 4.69) is 10.2 Å². The van der Waals surface area contributed by atoms with Crippen LogP contribution in [0.15, 0.2) is 0 Å². The van der Waals surface area contributed by atoms with Crippen molar-refractivity contribution >= 4 is 15.9 Å². The van der Waals surface area contributed by atoms with Crippen molar-refractivity contribution in [3.63, 3.8) is 0 Å². The Morgan fingerprint density at radius 3 is 2.65 bits per heavy atom. The van der Waals surface area contributed by atoms with Gasteiger partial charge in [-0.1, -0.05) is 0 Å². The quantitative estimate of drug-likeness (QED) is 0.732. The zero-order chi connectivity index (χ0) is 14.6. The first-order chi connectivity index (χ1) is 9.50. The van der Waals surface area contributed by atoms with Crippen molar-refractivity contribution in [1.82, 2.24) is 15.1 Å². The van der Waals surface area contributed by atoms with E-state index in [4.69, 9.17) is 4.74 Å². The highest BCUT2D eigenvalue weighted by Crippen LogP contribution is 2.10. The van der Waals surface area contributed by atoms with Gasteiger partial charge in [-0.15, -0.1) is 0 Å². The molecule has 20 heavy (non-hydrogen) atoms. The van der Waals surface area contributed by atoms with Crippen LogP contribution >= 0.6 is 0 Å². The number of hydrogen-bond acceptors (Lipinski definition) is 5. The molecule has 2 amide bonds. The summed E-state index contributed by atoms with van der Waals surface area (Å²) < 4.78 is 27.7. The van der Waals surface area contributed by atoms with E-state index >= 15 is 0 Å². The number of urea groups is 1. The van der Waals surface area contributed by atoms with Crippen LogP contribution in [0.3, 0.4) is 0 Å². The minimum absolute atomic E-state index is 0.0745. The Morgan fingerprint density at radius 2 is 2.00 bits per heavy atom. The van der Waals surface area contributed by atoms with Crippen LogP contribution in [0.4, 0.5) is 4.79 Å². The third-order valence-corrected chi connectivity index (χ3v) is 5.45. The normalized spacial score (nSPS) is 26.6. The molecule has 0 spiro atoms. The second-order valence-corrected chi connectivity index (χ2v) is 7.67.